The molecule has 2 aromatic heterocycles. The molecular formula is C22H23ClN6O3S. The van der Waals surface area contributed by atoms with Gasteiger partial charge in [0.1, 0.15) is 12.3 Å². The van der Waals surface area contributed by atoms with Crippen LogP contribution in [-0.4, -0.2) is 49.3 Å². The number of benzene rings is 1. The van der Waals surface area contributed by atoms with Crippen molar-refractivity contribution in [3.8, 4) is 5.88 Å². The molecule has 33 heavy (non-hydrogen) atoms. The molecule has 9 nitrogen and oxygen atoms in total. The van der Waals surface area contributed by atoms with Crippen LogP contribution in [0.2, 0.25) is 5.02 Å². The normalized spacial score (nSPS) is 15.2. The second-order valence-corrected chi connectivity index (χ2v) is 10.7. The molecule has 0 spiro atoms. The third-order valence-corrected chi connectivity index (χ3v) is 6.77. The summed E-state index contributed by atoms with van der Waals surface area (Å²) >= 11 is 6.67. The molecule has 0 atom stereocenters. The zero-order chi connectivity index (χ0) is 23.0. The van der Waals surface area contributed by atoms with E-state index in [0.29, 0.717) is 36.5 Å². The van der Waals surface area contributed by atoms with Crippen LogP contribution < -0.4 is 20.3 Å². The Hall–Kier alpha value is -3.11. The van der Waals surface area contributed by atoms with Crippen molar-refractivity contribution in [3.63, 3.8) is 0 Å². The number of fused-ring (bicyclic) bond motifs is 2. The summed E-state index contributed by atoms with van der Waals surface area (Å²) in [5, 5.41) is 7.06. The number of anilines is 4. The predicted octanol–water partition coefficient (Wildman–Crippen LogP) is 3.18. The van der Waals surface area contributed by atoms with Crippen molar-refractivity contribution in [2.45, 2.75) is 18.7 Å². The Bertz CT molecular complexity index is 1300. The lowest BCUT2D eigenvalue weighted by atomic mass is 10.1. The third-order valence-electron chi connectivity index (χ3n) is 5.53. The van der Waals surface area contributed by atoms with E-state index in [9.17, 15) is 8.42 Å². The summed E-state index contributed by atoms with van der Waals surface area (Å²) in [6, 6.07) is 7.21. The fourth-order valence-electron chi connectivity index (χ4n) is 3.95. The topological polar surface area (TPSA) is 109 Å². The second-order valence-electron chi connectivity index (χ2n) is 8.14. The van der Waals surface area contributed by atoms with Crippen LogP contribution >= 0.6 is 11.6 Å². The van der Waals surface area contributed by atoms with Gasteiger partial charge in [-0.15, -0.1) is 0 Å². The number of nitrogens with zero attached hydrogens (tertiary/aromatic N) is 4. The largest absolute Gasteiger partial charge is 0.474 e. The minimum Gasteiger partial charge on any atom is -0.474 e. The highest BCUT2D eigenvalue weighted by molar-refractivity contribution is 7.89. The highest BCUT2D eigenvalue weighted by Crippen LogP contribution is 2.40. The number of sulfone groups is 1. The van der Waals surface area contributed by atoms with Gasteiger partial charge in [-0.2, -0.15) is 0 Å². The first-order valence-electron chi connectivity index (χ1n) is 10.5. The Labute approximate surface area is 197 Å². The highest BCUT2D eigenvalue weighted by Gasteiger charge is 2.25. The summed E-state index contributed by atoms with van der Waals surface area (Å²) in [7, 11) is -3.07. The fraction of sp³-hybridized carbons (Fsp3) is 0.318. The summed E-state index contributed by atoms with van der Waals surface area (Å²) in [5.41, 5.74) is 5.12. The van der Waals surface area contributed by atoms with Crippen molar-refractivity contribution in [3.05, 3.63) is 58.5 Å². The molecule has 0 bridgehead atoms. The van der Waals surface area contributed by atoms with E-state index in [2.05, 4.69) is 25.5 Å². The van der Waals surface area contributed by atoms with Gasteiger partial charge in [-0.25, -0.2) is 23.4 Å². The van der Waals surface area contributed by atoms with E-state index < -0.39 is 9.84 Å². The second kappa shape index (κ2) is 8.68. The summed E-state index contributed by atoms with van der Waals surface area (Å²) in [5.74, 6) is 1.03. The number of hydrogen-bond acceptors (Lipinski definition) is 9. The molecule has 2 aliphatic rings. The Kier molecular flexibility index (Phi) is 5.71. The van der Waals surface area contributed by atoms with Gasteiger partial charge < -0.3 is 20.3 Å². The predicted molar refractivity (Wildman–Crippen MR) is 128 cm³/mol. The van der Waals surface area contributed by atoms with Gasteiger partial charge in [-0.05, 0) is 29.7 Å². The summed E-state index contributed by atoms with van der Waals surface area (Å²) < 4.78 is 28.5. The molecule has 1 aromatic carbocycles. The van der Waals surface area contributed by atoms with Crippen LogP contribution in [0.4, 0.5) is 23.0 Å². The quantitative estimate of drug-likeness (QED) is 0.561. The number of pyridine rings is 1. The van der Waals surface area contributed by atoms with Crippen LogP contribution in [0.25, 0.3) is 0 Å². The maximum absolute atomic E-state index is 11.5. The van der Waals surface area contributed by atoms with Gasteiger partial charge in [0.25, 0.3) is 0 Å². The van der Waals surface area contributed by atoms with Gasteiger partial charge in [0.15, 0.2) is 9.84 Å². The minimum absolute atomic E-state index is 0.0141. The Balaban J connectivity index is 1.33. The van der Waals surface area contributed by atoms with Crippen molar-refractivity contribution in [1.29, 1.82) is 0 Å². The van der Waals surface area contributed by atoms with Crippen molar-refractivity contribution in [1.82, 2.24) is 15.0 Å². The molecule has 0 fully saturated rings. The smallest absolute Gasteiger partial charge is 0.239 e. The summed E-state index contributed by atoms with van der Waals surface area (Å²) in [6.45, 7) is 2.63. The first-order chi connectivity index (χ1) is 15.9. The van der Waals surface area contributed by atoms with E-state index in [-0.39, 0.29) is 5.75 Å². The molecule has 172 valence electrons. The van der Waals surface area contributed by atoms with E-state index in [4.69, 9.17) is 21.3 Å². The maximum atomic E-state index is 11.5. The minimum atomic E-state index is -3.07. The molecule has 2 N–H and O–H groups in total. The monoisotopic (exact) mass is 486 g/mol. The first kappa shape index (κ1) is 21.7. The van der Waals surface area contributed by atoms with Crippen LogP contribution in [0.3, 0.4) is 0 Å². The number of aromatic nitrogens is 3. The number of ether oxygens (including phenoxy) is 1. The summed E-state index contributed by atoms with van der Waals surface area (Å²) in [6.07, 6.45) is 5.62. The Morgan fingerprint density at radius 2 is 2.03 bits per heavy atom. The van der Waals surface area contributed by atoms with Crippen molar-refractivity contribution >= 4 is 44.4 Å². The Morgan fingerprint density at radius 3 is 2.82 bits per heavy atom. The van der Waals surface area contributed by atoms with Crippen LogP contribution in [0.1, 0.15) is 16.8 Å². The molecule has 0 aliphatic carbocycles. The zero-order valence-corrected chi connectivity index (χ0v) is 19.6. The van der Waals surface area contributed by atoms with E-state index in [0.717, 1.165) is 46.8 Å². The summed E-state index contributed by atoms with van der Waals surface area (Å²) in [4.78, 5) is 15.7. The number of hydrogen-bond donors (Lipinski definition) is 2. The molecule has 0 saturated heterocycles. The standard InChI is InChI=1S/C22H23ClN6O3S/c1-33(30,31)13-14-2-4-16(5-3-14)27-22-26-10-15-6-8-29(12-17(15)28-22)18-11-25-21-20(19(18)23)24-7-9-32-21/h2-5,10-11,24H,6-9,12-13H2,1H3,(H,26,27,28). The highest BCUT2D eigenvalue weighted by atomic mass is 35.5. The SMILES string of the molecule is CS(=O)(=O)Cc1ccc(Nc2ncc3c(n2)CN(c2cnc4c(c2Cl)NCCO4)CC3)cc1. The zero-order valence-electron chi connectivity index (χ0n) is 18.0. The van der Waals surface area contributed by atoms with E-state index >= 15 is 0 Å². The van der Waals surface area contributed by atoms with E-state index in [1.54, 1.807) is 18.3 Å². The van der Waals surface area contributed by atoms with Gasteiger partial charge in [-0.1, -0.05) is 23.7 Å². The first-order valence-corrected chi connectivity index (χ1v) is 13.0. The van der Waals surface area contributed by atoms with Crippen LogP contribution in [0.15, 0.2) is 36.7 Å². The van der Waals surface area contributed by atoms with Crippen LogP contribution in [0.5, 0.6) is 5.88 Å². The van der Waals surface area contributed by atoms with Gasteiger partial charge in [0.2, 0.25) is 11.8 Å². The average molecular weight is 487 g/mol. The molecule has 0 unspecified atom stereocenters. The molecule has 11 heteroatoms. The lowest BCUT2D eigenvalue weighted by molar-refractivity contribution is 0.310. The van der Waals surface area contributed by atoms with Crippen molar-refractivity contribution in [2.24, 2.45) is 0 Å². The van der Waals surface area contributed by atoms with E-state index in [1.165, 1.54) is 6.26 Å². The van der Waals surface area contributed by atoms with Gasteiger partial charge >= 0.3 is 0 Å². The molecule has 5 rings (SSSR count). The van der Waals surface area contributed by atoms with Gasteiger partial charge in [-0.3, -0.25) is 0 Å². The molecule has 0 radical (unpaired) electrons. The van der Waals surface area contributed by atoms with Crippen LogP contribution in [-0.2, 0) is 28.6 Å². The number of nitrogens with one attached hydrogen (secondary N) is 2. The average Bonchev–Trinajstić information content (AvgIpc) is 2.79. The van der Waals surface area contributed by atoms with Gasteiger partial charge in [0, 0.05) is 31.2 Å². The molecule has 3 aromatic rings. The van der Waals surface area contributed by atoms with Crippen LogP contribution in [0, 0.1) is 0 Å². The lowest BCUT2D eigenvalue weighted by Gasteiger charge is -2.31. The number of rotatable bonds is 5. The molecule has 0 amide bonds. The van der Waals surface area contributed by atoms with Crippen molar-refractivity contribution in [2.75, 3.05) is 41.5 Å². The maximum Gasteiger partial charge on any atom is 0.239 e. The van der Waals surface area contributed by atoms with Crippen molar-refractivity contribution < 1.29 is 13.2 Å². The molecule has 4 heterocycles. The molecule has 0 saturated carbocycles. The lowest BCUT2D eigenvalue weighted by Crippen LogP contribution is -2.32. The fourth-order valence-corrected chi connectivity index (χ4v) is 5.07. The van der Waals surface area contributed by atoms with E-state index in [1.807, 2.05) is 18.3 Å². The Morgan fingerprint density at radius 1 is 1.21 bits per heavy atom. The third kappa shape index (κ3) is 4.81. The number of halogens is 1. The molecule has 2 aliphatic heterocycles. The van der Waals surface area contributed by atoms with Gasteiger partial charge in [0.05, 0.1) is 34.9 Å². The molecular weight excluding hydrogens is 464 g/mol.